The highest BCUT2D eigenvalue weighted by Crippen LogP contribution is 2.41. The first-order valence-corrected chi connectivity index (χ1v) is 7.77. The van der Waals surface area contributed by atoms with Crippen LogP contribution in [0.5, 0.6) is 0 Å². The maximum atomic E-state index is 12.7. The molecular formula is C19H15NO4. The summed E-state index contributed by atoms with van der Waals surface area (Å²) in [5, 5.41) is 0.917. The number of aryl methyl sites for hydroxylation is 2. The van der Waals surface area contributed by atoms with E-state index in [1.54, 1.807) is 32.9 Å². The van der Waals surface area contributed by atoms with Gasteiger partial charge in [-0.3, -0.25) is 24.1 Å². The van der Waals surface area contributed by atoms with Crippen molar-refractivity contribution in [1.82, 2.24) is 4.90 Å². The van der Waals surface area contributed by atoms with Gasteiger partial charge in [0.2, 0.25) is 0 Å². The Morgan fingerprint density at radius 2 is 1.33 bits per heavy atom. The largest absolute Gasteiger partial charge is 0.293 e. The van der Waals surface area contributed by atoms with Crippen molar-refractivity contribution in [2.75, 3.05) is 7.05 Å². The molecule has 5 heteroatoms. The van der Waals surface area contributed by atoms with Crippen molar-refractivity contribution in [1.29, 1.82) is 0 Å². The lowest BCUT2D eigenvalue weighted by atomic mass is 9.75. The van der Waals surface area contributed by atoms with Crippen LogP contribution in [-0.2, 0) is 0 Å². The number of Topliss-reactive ketones (excluding diaryl/α,β-unsaturated/α-hetero) is 2. The number of hydrogen-bond acceptors (Lipinski definition) is 4. The van der Waals surface area contributed by atoms with Crippen LogP contribution >= 0.6 is 0 Å². The zero-order valence-corrected chi connectivity index (χ0v) is 13.8. The number of nitrogens with zero attached hydrogens (tertiary/aromatic N) is 1. The molecule has 0 aromatic heterocycles. The molecule has 1 atom stereocenters. The second-order valence-corrected chi connectivity index (χ2v) is 6.60. The van der Waals surface area contributed by atoms with E-state index in [1.807, 2.05) is 0 Å². The third-order valence-electron chi connectivity index (χ3n) is 5.15. The van der Waals surface area contributed by atoms with Gasteiger partial charge in [0.15, 0.2) is 11.6 Å². The third-order valence-corrected chi connectivity index (χ3v) is 5.15. The van der Waals surface area contributed by atoms with E-state index in [-0.39, 0.29) is 11.6 Å². The second kappa shape index (κ2) is 4.38. The summed E-state index contributed by atoms with van der Waals surface area (Å²) in [7, 11) is 1.44. The molecule has 1 aliphatic heterocycles. The standard InChI is InChI=1S/C19H15NO4/c1-7-6-11-15-13(19(24)20(4)18(11)23)8(2)5-10-14(15)12(7)17(22)9(3)16(10)21/h5-6,9H,1-4H3. The molecule has 1 aliphatic carbocycles. The van der Waals surface area contributed by atoms with Crippen LogP contribution in [0, 0.1) is 19.8 Å². The van der Waals surface area contributed by atoms with Crippen molar-refractivity contribution >= 4 is 34.2 Å². The summed E-state index contributed by atoms with van der Waals surface area (Å²) in [5.74, 6) is -2.04. The van der Waals surface area contributed by atoms with Crippen LogP contribution in [-0.4, -0.2) is 35.3 Å². The van der Waals surface area contributed by atoms with Crippen molar-refractivity contribution < 1.29 is 19.2 Å². The zero-order valence-electron chi connectivity index (χ0n) is 13.8. The van der Waals surface area contributed by atoms with E-state index in [2.05, 4.69) is 0 Å². The molecule has 0 fully saturated rings. The molecule has 0 spiro atoms. The Kier molecular flexibility index (Phi) is 2.69. The summed E-state index contributed by atoms with van der Waals surface area (Å²) < 4.78 is 0. The fourth-order valence-electron chi connectivity index (χ4n) is 3.87. The highest BCUT2D eigenvalue weighted by molar-refractivity contribution is 6.35. The van der Waals surface area contributed by atoms with Gasteiger partial charge in [0.05, 0.1) is 11.5 Å². The fourth-order valence-corrected chi connectivity index (χ4v) is 3.87. The number of amides is 2. The monoisotopic (exact) mass is 321 g/mol. The quantitative estimate of drug-likeness (QED) is 0.552. The number of ketones is 2. The normalized spacial score (nSPS) is 19.5. The van der Waals surface area contributed by atoms with Crippen LogP contribution in [0.15, 0.2) is 12.1 Å². The van der Waals surface area contributed by atoms with Crippen molar-refractivity contribution in [3.05, 3.63) is 45.5 Å². The van der Waals surface area contributed by atoms with Gasteiger partial charge in [-0.15, -0.1) is 0 Å². The van der Waals surface area contributed by atoms with Crippen LogP contribution in [0.4, 0.5) is 0 Å². The Hall–Kier alpha value is -2.82. The number of carbonyl (C=O) groups excluding carboxylic acids is 4. The first-order valence-electron chi connectivity index (χ1n) is 7.77. The van der Waals surface area contributed by atoms with E-state index in [9.17, 15) is 19.2 Å². The van der Waals surface area contributed by atoms with E-state index in [0.29, 0.717) is 44.2 Å². The van der Waals surface area contributed by atoms with Crippen LogP contribution in [0.1, 0.15) is 59.5 Å². The molecule has 120 valence electrons. The predicted molar refractivity (Wildman–Crippen MR) is 87.7 cm³/mol. The Balaban J connectivity index is 2.33. The molecule has 0 bridgehead atoms. The average Bonchev–Trinajstić information content (AvgIpc) is 2.54. The maximum absolute atomic E-state index is 12.7. The zero-order chi connectivity index (χ0) is 17.5. The van der Waals surface area contributed by atoms with E-state index in [0.717, 1.165) is 4.90 Å². The number of benzene rings is 2. The minimum Gasteiger partial charge on any atom is -0.293 e. The van der Waals surface area contributed by atoms with Gasteiger partial charge in [0.25, 0.3) is 11.8 Å². The number of carbonyl (C=O) groups is 4. The van der Waals surface area contributed by atoms with Gasteiger partial charge in [0, 0.05) is 34.5 Å². The smallest absolute Gasteiger partial charge is 0.261 e. The van der Waals surface area contributed by atoms with Crippen LogP contribution in [0.2, 0.25) is 0 Å². The molecule has 5 nitrogen and oxygen atoms in total. The van der Waals surface area contributed by atoms with E-state index >= 15 is 0 Å². The Morgan fingerprint density at radius 3 is 2.00 bits per heavy atom. The topological polar surface area (TPSA) is 71.5 Å². The van der Waals surface area contributed by atoms with Crippen molar-refractivity contribution in [2.45, 2.75) is 20.8 Å². The summed E-state index contributed by atoms with van der Waals surface area (Å²) in [4.78, 5) is 51.6. The van der Waals surface area contributed by atoms with E-state index < -0.39 is 17.7 Å². The summed E-state index contributed by atoms with van der Waals surface area (Å²) >= 11 is 0. The molecule has 2 aromatic carbocycles. The Labute approximate surface area is 138 Å². The van der Waals surface area contributed by atoms with E-state index in [4.69, 9.17) is 0 Å². The molecule has 2 aromatic rings. The van der Waals surface area contributed by atoms with Gasteiger partial charge < -0.3 is 0 Å². The van der Waals surface area contributed by atoms with Gasteiger partial charge in [-0.25, -0.2) is 0 Å². The van der Waals surface area contributed by atoms with E-state index in [1.165, 1.54) is 7.05 Å². The molecular weight excluding hydrogens is 306 g/mol. The van der Waals surface area contributed by atoms with Crippen LogP contribution < -0.4 is 0 Å². The van der Waals surface area contributed by atoms with Gasteiger partial charge >= 0.3 is 0 Å². The van der Waals surface area contributed by atoms with Gasteiger partial charge in [-0.2, -0.15) is 0 Å². The van der Waals surface area contributed by atoms with Crippen LogP contribution in [0.3, 0.4) is 0 Å². The summed E-state index contributed by atoms with van der Waals surface area (Å²) in [5.41, 5.74) is 2.98. The maximum Gasteiger partial charge on any atom is 0.261 e. The third kappa shape index (κ3) is 1.49. The Bertz CT molecular complexity index is 949. The lowest BCUT2D eigenvalue weighted by molar-refractivity contribution is 0.0647. The molecule has 4 rings (SSSR count). The van der Waals surface area contributed by atoms with Crippen molar-refractivity contribution in [3.63, 3.8) is 0 Å². The highest BCUT2D eigenvalue weighted by atomic mass is 16.2. The van der Waals surface area contributed by atoms with Crippen LogP contribution in [0.25, 0.3) is 10.8 Å². The predicted octanol–water partition coefficient (Wildman–Crippen LogP) is 2.70. The minimum atomic E-state index is -0.743. The fraction of sp³-hybridized carbons (Fsp3) is 0.263. The van der Waals surface area contributed by atoms with Crippen molar-refractivity contribution in [2.24, 2.45) is 5.92 Å². The lowest BCUT2D eigenvalue weighted by Crippen LogP contribution is -2.39. The number of imide groups is 1. The van der Waals surface area contributed by atoms with Gasteiger partial charge in [-0.1, -0.05) is 0 Å². The first-order chi connectivity index (χ1) is 11.3. The Morgan fingerprint density at radius 1 is 0.792 bits per heavy atom. The molecule has 2 amide bonds. The van der Waals surface area contributed by atoms with Crippen molar-refractivity contribution in [3.8, 4) is 0 Å². The molecule has 0 saturated heterocycles. The second-order valence-electron chi connectivity index (χ2n) is 6.60. The molecule has 0 saturated carbocycles. The average molecular weight is 321 g/mol. The first kappa shape index (κ1) is 14.8. The molecule has 2 aliphatic rings. The molecule has 0 radical (unpaired) electrons. The summed E-state index contributed by atoms with van der Waals surface area (Å²) in [6.07, 6.45) is 0. The molecule has 24 heavy (non-hydrogen) atoms. The molecule has 0 N–H and O–H groups in total. The van der Waals surface area contributed by atoms with Gasteiger partial charge in [-0.05, 0) is 44.0 Å². The summed E-state index contributed by atoms with van der Waals surface area (Å²) in [6.45, 7) is 5.12. The highest BCUT2D eigenvalue weighted by Gasteiger charge is 2.40. The lowest BCUT2D eigenvalue weighted by Gasteiger charge is -2.30. The number of rotatable bonds is 0. The number of hydrogen-bond donors (Lipinski definition) is 0. The van der Waals surface area contributed by atoms with Gasteiger partial charge in [0.1, 0.15) is 0 Å². The minimum absolute atomic E-state index is 0.245. The SMILES string of the molecule is Cc1cc2c3c(c(C)cc4c3c1C(=O)C(C)C4=O)C(=O)N(C)C2=O. The molecule has 1 heterocycles. The summed E-state index contributed by atoms with van der Waals surface area (Å²) in [6, 6.07) is 3.34. The molecule has 1 unspecified atom stereocenters.